The Bertz CT molecular complexity index is 563. The summed E-state index contributed by atoms with van der Waals surface area (Å²) >= 11 is 0. The lowest BCUT2D eigenvalue weighted by Crippen LogP contribution is -2.24. The van der Waals surface area contributed by atoms with Crippen LogP contribution in [0.5, 0.6) is 5.88 Å². The zero-order chi connectivity index (χ0) is 14.1. The normalized spacial score (nSPS) is 11.1. The van der Waals surface area contributed by atoms with Gasteiger partial charge in [-0.15, -0.1) is 13.2 Å². The SMILES string of the molecule is O=C(O)c1c([N+](=O)[O-])cc(OC(F)(F)F)[nH]c1=O. The van der Waals surface area contributed by atoms with Crippen molar-refractivity contribution in [1.29, 1.82) is 0 Å². The highest BCUT2D eigenvalue weighted by atomic mass is 19.4. The lowest BCUT2D eigenvalue weighted by atomic mass is 10.2. The van der Waals surface area contributed by atoms with Gasteiger partial charge >= 0.3 is 12.3 Å². The summed E-state index contributed by atoms with van der Waals surface area (Å²) in [4.78, 5) is 32.2. The molecule has 0 aliphatic rings. The van der Waals surface area contributed by atoms with Gasteiger partial charge in [-0.2, -0.15) is 0 Å². The Kier molecular flexibility index (Phi) is 3.26. The van der Waals surface area contributed by atoms with E-state index in [2.05, 4.69) is 4.74 Å². The molecule has 1 heterocycles. The Balaban J connectivity index is 3.42. The minimum absolute atomic E-state index is 0.165. The van der Waals surface area contributed by atoms with Crippen molar-refractivity contribution in [2.24, 2.45) is 0 Å². The number of ether oxygens (including phenoxy) is 1. The zero-order valence-corrected chi connectivity index (χ0v) is 8.15. The van der Waals surface area contributed by atoms with Crippen LogP contribution in [0, 0.1) is 10.1 Å². The highest BCUT2D eigenvalue weighted by molar-refractivity contribution is 5.91. The molecule has 0 atom stereocenters. The van der Waals surface area contributed by atoms with Crippen LogP contribution in [0.15, 0.2) is 10.9 Å². The molecule has 0 saturated heterocycles. The summed E-state index contributed by atoms with van der Waals surface area (Å²) in [6.45, 7) is 0. The fourth-order valence-corrected chi connectivity index (χ4v) is 1.05. The molecule has 0 aliphatic carbocycles. The molecule has 11 heteroatoms. The molecule has 0 bridgehead atoms. The zero-order valence-electron chi connectivity index (χ0n) is 8.15. The van der Waals surface area contributed by atoms with Gasteiger partial charge in [0, 0.05) is 0 Å². The number of carboxylic acids is 1. The van der Waals surface area contributed by atoms with Crippen molar-refractivity contribution in [3.63, 3.8) is 0 Å². The highest BCUT2D eigenvalue weighted by Crippen LogP contribution is 2.24. The van der Waals surface area contributed by atoms with E-state index in [0.717, 1.165) is 0 Å². The first-order valence-corrected chi connectivity index (χ1v) is 4.02. The van der Waals surface area contributed by atoms with Crippen molar-refractivity contribution in [2.75, 3.05) is 0 Å². The van der Waals surface area contributed by atoms with Gasteiger partial charge in [-0.25, -0.2) is 4.79 Å². The molecule has 0 unspecified atom stereocenters. The molecule has 18 heavy (non-hydrogen) atoms. The van der Waals surface area contributed by atoms with E-state index < -0.39 is 39.9 Å². The Morgan fingerprint density at radius 2 is 2.06 bits per heavy atom. The largest absolute Gasteiger partial charge is 0.574 e. The van der Waals surface area contributed by atoms with Crippen molar-refractivity contribution in [3.8, 4) is 5.88 Å². The quantitative estimate of drug-likeness (QED) is 0.619. The van der Waals surface area contributed by atoms with Crippen LogP contribution in [0.4, 0.5) is 18.9 Å². The molecule has 0 spiro atoms. The van der Waals surface area contributed by atoms with Crippen molar-refractivity contribution < 1.29 is 32.7 Å². The first-order chi connectivity index (χ1) is 8.11. The maximum Gasteiger partial charge on any atom is 0.574 e. The van der Waals surface area contributed by atoms with Crippen LogP contribution < -0.4 is 10.3 Å². The summed E-state index contributed by atoms with van der Waals surface area (Å²) in [7, 11) is 0. The molecule has 0 fully saturated rings. The summed E-state index contributed by atoms with van der Waals surface area (Å²) < 4.78 is 38.8. The van der Waals surface area contributed by atoms with E-state index in [-0.39, 0.29) is 6.07 Å². The molecule has 0 aliphatic heterocycles. The second-order valence-electron chi connectivity index (χ2n) is 2.83. The number of aromatic carboxylic acids is 1. The van der Waals surface area contributed by atoms with Crippen LogP contribution in [0.3, 0.4) is 0 Å². The molecular formula is C7H3F3N2O6. The average Bonchev–Trinajstić information content (AvgIpc) is 2.12. The summed E-state index contributed by atoms with van der Waals surface area (Å²) in [6.07, 6.45) is -5.18. The average molecular weight is 268 g/mol. The number of hydrogen-bond donors (Lipinski definition) is 2. The van der Waals surface area contributed by atoms with Crippen LogP contribution in [-0.4, -0.2) is 27.3 Å². The fraction of sp³-hybridized carbons (Fsp3) is 0.143. The van der Waals surface area contributed by atoms with E-state index in [1.165, 1.54) is 4.98 Å². The Labute approximate surface area is 94.8 Å². The molecule has 0 saturated carbocycles. The molecule has 1 rings (SSSR count). The third kappa shape index (κ3) is 2.96. The summed E-state index contributed by atoms with van der Waals surface area (Å²) in [5, 5.41) is 19.0. The molecule has 0 aromatic carbocycles. The number of pyridine rings is 1. The van der Waals surface area contributed by atoms with E-state index in [0.29, 0.717) is 0 Å². The van der Waals surface area contributed by atoms with E-state index in [1.54, 1.807) is 0 Å². The molecule has 1 aromatic rings. The van der Waals surface area contributed by atoms with Gasteiger partial charge in [-0.05, 0) is 0 Å². The number of alkyl halides is 3. The summed E-state index contributed by atoms with van der Waals surface area (Å²) in [5.74, 6) is -3.22. The standard InChI is InChI=1S/C7H3F3N2O6/c8-7(9,10)18-3-1-2(12(16)17)4(6(14)15)5(13)11-3/h1H,(H,11,13)(H,14,15). The molecule has 8 nitrogen and oxygen atoms in total. The van der Waals surface area contributed by atoms with Crippen LogP contribution in [-0.2, 0) is 0 Å². The number of hydrogen-bond acceptors (Lipinski definition) is 5. The number of halogens is 3. The number of H-pyrrole nitrogens is 1. The summed E-state index contributed by atoms with van der Waals surface area (Å²) in [6, 6.07) is 0.165. The Hall–Kier alpha value is -2.59. The number of carboxylic acid groups (broad SMARTS) is 1. The lowest BCUT2D eigenvalue weighted by molar-refractivity contribution is -0.385. The number of carbonyl (C=O) groups is 1. The van der Waals surface area contributed by atoms with Gasteiger partial charge in [-0.3, -0.25) is 19.9 Å². The van der Waals surface area contributed by atoms with Gasteiger partial charge in [0.1, 0.15) is 0 Å². The second-order valence-corrected chi connectivity index (χ2v) is 2.83. The van der Waals surface area contributed by atoms with Gasteiger partial charge in [0.2, 0.25) is 11.4 Å². The molecule has 0 radical (unpaired) electrons. The first-order valence-electron chi connectivity index (χ1n) is 4.02. The number of aromatic amines is 1. The predicted octanol–water partition coefficient (Wildman–Crippen LogP) is 0.880. The van der Waals surface area contributed by atoms with Crippen LogP contribution >= 0.6 is 0 Å². The maximum absolute atomic E-state index is 11.8. The van der Waals surface area contributed by atoms with Crippen LogP contribution in [0.2, 0.25) is 0 Å². The highest BCUT2D eigenvalue weighted by Gasteiger charge is 2.34. The number of aromatic nitrogens is 1. The Morgan fingerprint density at radius 3 is 2.44 bits per heavy atom. The maximum atomic E-state index is 11.8. The third-order valence-electron chi connectivity index (χ3n) is 1.62. The minimum Gasteiger partial charge on any atom is -0.477 e. The van der Waals surface area contributed by atoms with E-state index in [4.69, 9.17) is 5.11 Å². The van der Waals surface area contributed by atoms with Crippen molar-refractivity contribution in [1.82, 2.24) is 4.98 Å². The van der Waals surface area contributed by atoms with Gasteiger partial charge in [-0.1, -0.05) is 0 Å². The van der Waals surface area contributed by atoms with Gasteiger partial charge in [0.15, 0.2) is 0 Å². The molecular weight excluding hydrogens is 265 g/mol. The smallest absolute Gasteiger partial charge is 0.477 e. The number of rotatable bonds is 3. The minimum atomic E-state index is -5.18. The number of nitrogens with zero attached hydrogens (tertiary/aromatic N) is 1. The fourth-order valence-electron chi connectivity index (χ4n) is 1.05. The van der Waals surface area contributed by atoms with Gasteiger partial charge in [0.05, 0.1) is 11.0 Å². The Morgan fingerprint density at radius 1 is 1.50 bits per heavy atom. The van der Waals surface area contributed by atoms with Gasteiger partial charge < -0.3 is 9.84 Å². The predicted molar refractivity (Wildman–Crippen MR) is 47.4 cm³/mol. The van der Waals surface area contributed by atoms with Crippen LogP contribution in [0.25, 0.3) is 0 Å². The van der Waals surface area contributed by atoms with Crippen LogP contribution in [0.1, 0.15) is 10.4 Å². The summed E-state index contributed by atoms with van der Waals surface area (Å²) in [5.41, 5.74) is -4.16. The second kappa shape index (κ2) is 4.35. The van der Waals surface area contributed by atoms with Gasteiger partial charge in [0.25, 0.3) is 11.2 Å². The first kappa shape index (κ1) is 13.5. The van der Waals surface area contributed by atoms with Crippen molar-refractivity contribution in [2.45, 2.75) is 6.36 Å². The number of nitro groups is 1. The third-order valence-corrected chi connectivity index (χ3v) is 1.62. The van der Waals surface area contributed by atoms with E-state index >= 15 is 0 Å². The van der Waals surface area contributed by atoms with Crippen molar-refractivity contribution in [3.05, 3.63) is 32.1 Å². The van der Waals surface area contributed by atoms with E-state index in [1.807, 2.05) is 0 Å². The lowest BCUT2D eigenvalue weighted by Gasteiger charge is -2.08. The molecule has 2 N–H and O–H groups in total. The monoisotopic (exact) mass is 268 g/mol. The molecule has 98 valence electrons. The number of nitrogens with one attached hydrogen (secondary N) is 1. The molecule has 1 aromatic heterocycles. The van der Waals surface area contributed by atoms with E-state index in [9.17, 15) is 32.9 Å². The topological polar surface area (TPSA) is 123 Å². The molecule has 0 amide bonds. The van der Waals surface area contributed by atoms with Crippen molar-refractivity contribution >= 4 is 11.7 Å².